The van der Waals surface area contributed by atoms with Gasteiger partial charge in [0.15, 0.2) is 10.3 Å². The van der Waals surface area contributed by atoms with Crippen molar-refractivity contribution in [3.05, 3.63) is 41.1 Å². The minimum atomic E-state index is 0.883. The molecule has 3 aromatic heterocycles. The molecule has 110 valence electrons. The van der Waals surface area contributed by atoms with Gasteiger partial charge in [-0.1, -0.05) is 23.5 Å². The number of thiophene rings is 1. The highest BCUT2D eigenvalue weighted by Gasteiger charge is 2.10. The Balaban J connectivity index is 1.64. The smallest absolute Gasteiger partial charge is 0.190 e. The molecule has 4 rings (SSSR count). The van der Waals surface area contributed by atoms with E-state index in [1.54, 1.807) is 45.8 Å². The first-order valence-electron chi connectivity index (χ1n) is 6.53. The number of hydrogen-bond donors (Lipinski definition) is 1. The van der Waals surface area contributed by atoms with Gasteiger partial charge in [-0.25, -0.2) is 9.97 Å². The fourth-order valence-electron chi connectivity index (χ4n) is 2.10. The highest BCUT2D eigenvalue weighted by Crippen LogP contribution is 2.35. The van der Waals surface area contributed by atoms with Crippen molar-refractivity contribution in [2.45, 2.75) is 4.90 Å². The molecular formula is C15H11N3S4. The predicted octanol–water partition coefficient (Wildman–Crippen LogP) is 5.95. The van der Waals surface area contributed by atoms with Crippen LogP contribution >= 0.6 is 45.8 Å². The highest BCUT2D eigenvalue weighted by molar-refractivity contribution is 7.98. The third kappa shape index (κ3) is 2.65. The van der Waals surface area contributed by atoms with E-state index in [1.165, 1.54) is 14.5 Å². The second-order valence-electron chi connectivity index (χ2n) is 4.47. The molecule has 0 fully saturated rings. The lowest BCUT2D eigenvalue weighted by Gasteiger charge is -1.96. The van der Waals surface area contributed by atoms with Crippen LogP contribution in [0.5, 0.6) is 0 Å². The molecule has 0 unspecified atom stereocenters. The fourth-order valence-corrected chi connectivity index (χ4v) is 5.16. The van der Waals surface area contributed by atoms with Crippen LogP contribution in [0.15, 0.2) is 46.0 Å². The Morgan fingerprint density at radius 3 is 2.82 bits per heavy atom. The summed E-state index contributed by atoms with van der Waals surface area (Å²) < 4.78 is 1.20. The molecule has 3 nitrogen and oxygen atoms in total. The Labute approximate surface area is 144 Å². The first-order valence-corrected chi connectivity index (χ1v) is 10.3. The Morgan fingerprint density at radius 1 is 1.05 bits per heavy atom. The van der Waals surface area contributed by atoms with Gasteiger partial charge in [-0.15, -0.1) is 34.4 Å². The molecule has 0 aliphatic rings. The van der Waals surface area contributed by atoms with Gasteiger partial charge in [-0.3, -0.25) is 0 Å². The summed E-state index contributed by atoms with van der Waals surface area (Å²) in [6.45, 7) is 0. The van der Waals surface area contributed by atoms with Crippen LogP contribution in [-0.2, 0) is 0 Å². The Kier molecular flexibility index (Phi) is 3.87. The number of anilines is 2. The van der Waals surface area contributed by atoms with Gasteiger partial charge in [0.1, 0.15) is 0 Å². The van der Waals surface area contributed by atoms with Crippen LogP contribution in [0.3, 0.4) is 0 Å². The maximum atomic E-state index is 4.71. The normalized spacial score (nSPS) is 11.1. The number of nitrogens with zero attached hydrogens (tertiary/aromatic N) is 2. The maximum absolute atomic E-state index is 4.71. The molecule has 0 bridgehead atoms. The second-order valence-corrected chi connectivity index (χ2v) is 8.15. The lowest BCUT2D eigenvalue weighted by Crippen LogP contribution is -1.88. The van der Waals surface area contributed by atoms with E-state index in [1.807, 2.05) is 6.07 Å². The minimum Gasteiger partial charge on any atom is -0.307 e. The average Bonchev–Trinajstić information content (AvgIpc) is 3.26. The lowest BCUT2D eigenvalue weighted by molar-refractivity contribution is 1.35. The zero-order valence-corrected chi connectivity index (χ0v) is 14.8. The zero-order valence-electron chi connectivity index (χ0n) is 11.6. The third-order valence-corrected chi connectivity index (χ3v) is 6.45. The van der Waals surface area contributed by atoms with Gasteiger partial charge < -0.3 is 5.32 Å². The summed E-state index contributed by atoms with van der Waals surface area (Å²) in [4.78, 5) is 11.7. The molecule has 0 spiro atoms. The van der Waals surface area contributed by atoms with E-state index < -0.39 is 0 Å². The Morgan fingerprint density at radius 2 is 2.00 bits per heavy atom. The van der Waals surface area contributed by atoms with E-state index in [4.69, 9.17) is 4.98 Å². The van der Waals surface area contributed by atoms with Crippen molar-refractivity contribution in [2.24, 2.45) is 0 Å². The van der Waals surface area contributed by atoms with Crippen molar-refractivity contribution >= 4 is 66.3 Å². The maximum Gasteiger partial charge on any atom is 0.190 e. The van der Waals surface area contributed by atoms with Crippen LogP contribution < -0.4 is 5.32 Å². The summed E-state index contributed by atoms with van der Waals surface area (Å²) in [6.07, 6.45) is 2.08. The minimum absolute atomic E-state index is 0.883. The number of nitrogens with one attached hydrogen (secondary N) is 1. The van der Waals surface area contributed by atoms with Gasteiger partial charge in [-0.2, -0.15) is 0 Å². The van der Waals surface area contributed by atoms with Crippen molar-refractivity contribution in [2.75, 3.05) is 11.6 Å². The molecule has 0 aliphatic heterocycles. The Hall–Kier alpha value is -1.41. The number of aromatic nitrogens is 2. The number of fused-ring (bicyclic) bond motifs is 1. The molecule has 0 amide bonds. The predicted molar refractivity (Wildman–Crippen MR) is 100 cm³/mol. The van der Waals surface area contributed by atoms with Gasteiger partial charge in [0.2, 0.25) is 0 Å². The summed E-state index contributed by atoms with van der Waals surface area (Å²) in [7, 11) is 0. The molecule has 1 N–H and O–H groups in total. The lowest BCUT2D eigenvalue weighted by atomic mass is 10.3. The van der Waals surface area contributed by atoms with E-state index in [9.17, 15) is 0 Å². The number of benzene rings is 1. The number of para-hydroxylation sites is 1. The topological polar surface area (TPSA) is 37.8 Å². The molecule has 0 radical (unpaired) electrons. The number of rotatable bonds is 4. The molecular weight excluding hydrogens is 350 g/mol. The second kappa shape index (κ2) is 6.00. The van der Waals surface area contributed by atoms with Gasteiger partial charge in [0.25, 0.3) is 0 Å². The first-order chi connectivity index (χ1) is 10.8. The molecule has 0 atom stereocenters. The van der Waals surface area contributed by atoms with Crippen molar-refractivity contribution in [3.8, 4) is 10.6 Å². The van der Waals surface area contributed by atoms with Crippen LogP contribution in [-0.4, -0.2) is 16.2 Å². The van der Waals surface area contributed by atoms with E-state index in [-0.39, 0.29) is 0 Å². The van der Waals surface area contributed by atoms with Crippen LogP contribution in [0, 0.1) is 0 Å². The summed E-state index contributed by atoms with van der Waals surface area (Å²) in [5.74, 6) is 0. The van der Waals surface area contributed by atoms with Crippen molar-refractivity contribution in [1.29, 1.82) is 0 Å². The van der Waals surface area contributed by atoms with E-state index in [2.05, 4.69) is 51.6 Å². The SMILES string of the molecule is CSc1cccc2sc(Nc3nc(-c4cccs4)cs3)nc12. The van der Waals surface area contributed by atoms with Gasteiger partial charge in [0, 0.05) is 10.3 Å². The van der Waals surface area contributed by atoms with Crippen LogP contribution in [0.25, 0.3) is 20.8 Å². The van der Waals surface area contributed by atoms with E-state index in [0.717, 1.165) is 21.5 Å². The molecule has 22 heavy (non-hydrogen) atoms. The fraction of sp³-hybridized carbons (Fsp3) is 0.0667. The summed E-state index contributed by atoms with van der Waals surface area (Å²) in [5, 5.41) is 9.26. The summed E-state index contributed by atoms with van der Waals surface area (Å²) in [5.41, 5.74) is 2.09. The van der Waals surface area contributed by atoms with Gasteiger partial charge in [0.05, 0.1) is 20.8 Å². The van der Waals surface area contributed by atoms with Crippen LogP contribution in [0.4, 0.5) is 10.3 Å². The largest absolute Gasteiger partial charge is 0.307 e. The summed E-state index contributed by atoms with van der Waals surface area (Å²) in [6, 6.07) is 10.4. The molecule has 0 saturated carbocycles. The molecule has 7 heteroatoms. The highest BCUT2D eigenvalue weighted by atomic mass is 32.2. The van der Waals surface area contributed by atoms with Crippen LogP contribution in [0.1, 0.15) is 0 Å². The molecule has 3 heterocycles. The summed E-state index contributed by atoms with van der Waals surface area (Å²) >= 11 is 6.70. The molecule has 0 aliphatic carbocycles. The van der Waals surface area contributed by atoms with Crippen LogP contribution in [0.2, 0.25) is 0 Å². The number of hydrogen-bond acceptors (Lipinski definition) is 7. The van der Waals surface area contributed by atoms with Crippen molar-refractivity contribution in [1.82, 2.24) is 9.97 Å². The van der Waals surface area contributed by atoms with E-state index in [0.29, 0.717) is 0 Å². The molecule has 0 saturated heterocycles. The molecule has 4 aromatic rings. The molecule has 1 aromatic carbocycles. The average molecular weight is 362 g/mol. The Bertz CT molecular complexity index is 908. The first kappa shape index (κ1) is 14.2. The zero-order chi connectivity index (χ0) is 14.9. The number of thioether (sulfide) groups is 1. The monoisotopic (exact) mass is 361 g/mol. The standard InChI is InChI=1S/C15H11N3S4/c1-19-11-4-2-5-12-13(11)17-15(22-12)18-14-16-9(8-21-14)10-6-3-7-20-10/h2-8H,1H3,(H,16,17,18). The van der Waals surface area contributed by atoms with E-state index >= 15 is 0 Å². The van der Waals surface area contributed by atoms with Gasteiger partial charge >= 0.3 is 0 Å². The third-order valence-electron chi connectivity index (χ3n) is 3.09. The quantitative estimate of drug-likeness (QED) is 0.456. The number of thiazole rings is 2. The van der Waals surface area contributed by atoms with Gasteiger partial charge in [-0.05, 0) is 29.8 Å². The van der Waals surface area contributed by atoms with Crippen molar-refractivity contribution < 1.29 is 0 Å². The van der Waals surface area contributed by atoms with Crippen molar-refractivity contribution in [3.63, 3.8) is 0 Å².